The number of nitrogens with zero attached hydrogens (tertiary/aromatic N) is 3. The SMILES string of the molecule is Cc1cc(C(C)Nc2nc3ccc(Br)cn3n2)c(C)o1. The molecule has 0 aromatic carbocycles. The van der Waals surface area contributed by atoms with Gasteiger partial charge >= 0.3 is 0 Å². The molecule has 1 N–H and O–H groups in total. The molecule has 0 spiro atoms. The van der Waals surface area contributed by atoms with Gasteiger partial charge in [-0.25, -0.2) is 4.52 Å². The van der Waals surface area contributed by atoms with Gasteiger partial charge in [-0.05, 0) is 54.9 Å². The van der Waals surface area contributed by atoms with Crippen molar-refractivity contribution in [3.8, 4) is 0 Å². The van der Waals surface area contributed by atoms with E-state index in [-0.39, 0.29) is 6.04 Å². The molecule has 0 saturated carbocycles. The molecule has 20 heavy (non-hydrogen) atoms. The van der Waals surface area contributed by atoms with E-state index < -0.39 is 0 Å². The second-order valence-corrected chi connectivity index (χ2v) is 5.74. The molecule has 0 radical (unpaired) electrons. The smallest absolute Gasteiger partial charge is 0.243 e. The number of hydrogen-bond acceptors (Lipinski definition) is 4. The van der Waals surface area contributed by atoms with Crippen molar-refractivity contribution in [1.29, 1.82) is 0 Å². The summed E-state index contributed by atoms with van der Waals surface area (Å²) in [5, 5.41) is 7.71. The summed E-state index contributed by atoms with van der Waals surface area (Å²) in [6.07, 6.45) is 1.88. The average molecular weight is 335 g/mol. The molecule has 3 aromatic rings. The van der Waals surface area contributed by atoms with Crippen LogP contribution in [0.3, 0.4) is 0 Å². The summed E-state index contributed by atoms with van der Waals surface area (Å²) in [7, 11) is 0. The number of furan rings is 1. The maximum absolute atomic E-state index is 5.56. The molecule has 0 aliphatic carbocycles. The van der Waals surface area contributed by atoms with Crippen molar-refractivity contribution in [1.82, 2.24) is 14.6 Å². The zero-order valence-corrected chi connectivity index (χ0v) is 13.1. The van der Waals surface area contributed by atoms with E-state index in [4.69, 9.17) is 4.42 Å². The van der Waals surface area contributed by atoms with Gasteiger partial charge in [-0.15, -0.1) is 5.10 Å². The van der Waals surface area contributed by atoms with E-state index in [1.54, 1.807) is 4.52 Å². The van der Waals surface area contributed by atoms with Crippen molar-refractivity contribution in [2.24, 2.45) is 0 Å². The monoisotopic (exact) mass is 334 g/mol. The van der Waals surface area contributed by atoms with Crippen LogP contribution < -0.4 is 5.32 Å². The number of aryl methyl sites for hydroxylation is 2. The molecule has 3 aromatic heterocycles. The summed E-state index contributed by atoms with van der Waals surface area (Å²) < 4.78 is 8.27. The first-order valence-corrected chi connectivity index (χ1v) is 7.17. The second-order valence-electron chi connectivity index (χ2n) is 4.82. The van der Waals surface area contributed by atoms with Gasteiger partial charge in [0.2, 0.25) is 5.95 Å². The van der Waals surface area contributed by atoms with Crippen molar-refractivity contribution in [3.05, 3.63) is 46.0 Å². The standard InChI is InChI=1S/C14H15BrN4O/c1-8-6-12(10(3)20-8)9(2)16-14-17-13-5-4-11(15)7-19(13)18-14/h4-7,9H,1-3H3,(H,16,18). The normalized spacial score (nSPS) is 12.8. The third kappa shape index (κ3) is 2.43. The molecule has 0 bridgehead atoms. The van der Waals surface area contributed by atoms with Crippen LogP contribution in [0.15, 0.2) is 33.3 Å². The second kappa shape index (κ2) is 4.94. The molecular weight excluding hydrogens is 320 g/mol. The van der Waals surface area contributed by atoms with Crippen LogP contribution in [0, 0.1) is 13.8 Å². The summed E-state index contributed by atoms with van der Waals surface area (Å²) in [6.45, 7) is 5.98. The van der Waals surface area contributed by atoms with Crippen LogP contribution in [0.25, 0.3) is 5.65 Å². The number of halogens is 1. The zero-order valence-electron chi connectivity index (χ0n) is 11.5. The molecule has 0 aliphatic rings. The Morgan fingerprint density at radius 2 is 2.15 bits per heavy atom. The third-order valence-corrected chi connectivity index (χ3v) is 3.66. The Balaban J connectivity index is 1.87. The number of pyridine rings is 1. The topological polar surface area (TPSA) is 55.4 Å². The van der Waals surface area contributed by atoms with E-state index in [2.05, 4.69) is 38.3 Å². The van der Waals surface area contributed by atoms with Gasteiger partial charge in [-0.1, -0.05) is 0 Å². The van der Waals surface area contributed by atoms with Gasteiger partial charge in [-0.3, -0.25) is 0 Å². The van der Waals surface area contributed by atoms with Crippen molar-refractivity contribution >= 4 is 27.5 Å². The predicted molar refractivity (Wildman–Crippen MR) is 80.9 cm³/mol. The van der Waals surface area contributed by atoms with Gasteiger partial charge in [0.05, 0.1) is 6.04 Å². The fraction of sp³-hybridized carbons (Fsp3) is 0.286. The van der Waals surface area contributed by atoms with Gasteiger partial charge in [0.1, 0.15) is 11.5 Å². The van der Waals surface area contributed by atoms with Crippen molar-refractivity contribution in [3.63, 3.8) is 0 Å². The average Bonchev–Trinajstić information content (AvgIpc) is 2.91. The van der Waals surface area contributed by atoms with Crippen molar-refractivity contribution in [2.45, 2.75) is 26.8 Å². The molecule has 0 fully saturated rings. The molecule has 3 heterocycles. The van der Waals surface area contributed by atoms with Crippen LogP contribution in [-0.2, 0) is 0 Å². The maximum atomic E-state index is 5.56. The Morgan fingerprint density at radius 3 is 2.85 bits per heavy atom. The van der Waals surface area contributed by atoms with Crippen LogP contribution in [0.2, 0.25) is 0 Å². The highest BCUT2D eigenvalue weighted by Gasteiger charge is 2.14. The lowest BCUT2D eigenvalue weighted by atomic mass is 10.1. The van der Waals surface area contributed by atoms with Crippen molar-refractivity contribution < 1.29 is 4.42 Å². The quantitative estimate of drug-likeness (QED) is 0.789. The van der Waals surface area contributed by atoms with Gasteiger partial charge in [0.15, 0.2) is 5.65 Å². The molecule has 1 atom stereocenters. The lowest BCUT2D eigenvalue weighted by Crippen LogP contribution is -2.08. The molecule has 3 rings (SSSR count). The fourth-order valence-electron chi connectivity index (χ4n) is 2.27. The molecule has 0 aliphatic heterocycles. The largest absolute Gasteiger partial charge is 0.466 e. The van der Waals surface area contributed by atoms with E-state index in [1.165, 1.54) is 0 Å². The third-order valence-electron chi connectivity index (χ3n) is 3.19. The highest BCUT2D eigenvalue weighted by molar-refractivity contribution is 9.10. The minimum atomic E-state index is 0.0910. The minimum absolute atomic E-state index is 0.0910. The van der Waals surface area contributed by atoms with E-state index in [0.717, 1.165) is 27.2 Å². The van der Waals surface area contributed by atoms with Gasteiger partial charge in [0.25, 0.3) is 0 Å². The Labute approximate surface area is 125 Å². The van der Waals surface area contributed by atoms with Gasteiger partial charge < -0.3 is 9.73 Å². The highest BCUT2D eigenvalue weighted by Crippen LogP contribution is 2.24. The summed E-state index contributed by atoms with van der Waals surface area (Å²) in [6, 6.07) is 5.99. The first kappa shape index (κ1) is 13.2. The first-order valence-electron chi connectivity index (χ1n) is 6.38. The predicted octanol–water partition coefficient (Wildman–Crippen LogP) is 3.87. The molecule has 104 valence electrons. The Morgan fingerprint density at radius 1 is 1.35 bits per heavy atom. The number of hydrogen-bond donors (Lipinski definition) is 1. The van der Waals surface area contributed by atoms with Crippen LogP contribution >= 0.6 is 15.9 Å². The van der Waals surface area contributed by atoms with E-state index in [0.29, 0.717) is 5.95 Å². The molecule has 6 heteroatoms. The number of fused-ring (bicyclic) bond motifs is 1. The van der Waals surface area contributed by atoms with Crippen molar-refractivity contribution in [2.75, 3.05) is 5.32 Å². The Bertz CT molecular complexity index is 762. The number of nitrogens with one attached hydrogen (secondary N) is 1. The first-order chi connectivity index (χ1) is 9.52. The number of rotatable bonds is 3. The summed E-state index contributed by atoms with van der Waals surface area (Å²) in [5.74, 6) is 2.45. The zero-order chi connectivity index (χ0) is 14.3. The van der Waals surface area contributed by atoms with Crippen LogP contribution in [0.5, 0.6) is 0 Å². The minimum Gasteiger partial charge on any atom is -0.466 e. The number of aromatic nitrogens is 3. The summed E-state index contributed by atoms with van der Waals surface area (Å²) >= 11 is 3.42. The molecule has 5 nitrogen and oxygen atoms in total. The lowest BCUT2D eigenvalue weighted by Gasteiger charge is -2.10. The Kier molecular flexibility index (Phi) is 3.25. The molecule has 0 amide bonds. The van der Waals surface area contributed by atoms with Crippen LogP contribution in [-0.4, -0.2) is 14.6 Å². The van der Waals surface area contributed by atoms with Crippen LogP contribution in [0.4, 0.5) is 5.95 Å². The summed E-state index contributed by atoms with van der Waals surface area (Å²) in [5.41, 5.74) is 1.94. The van der Waals surface area contributed by atoms with Gasteiger partial charge in [-0.2, -0.15) is 4.98 Å². The molecule has 0 saturated heterocycles. The lowest BCUT2D eigenvalue weighted by molar-refractivity contribution is 0.499. The summed E-state index contributed by atoms with van der Waals surface area (Å²) in [4.78, 5) is 4.45. The number of anilines is 1. The van der Waals surface area contributed by atoms with E-state index in [1.807, 2.05) is 38.2 Å². The van der Waals surface area contributed by atoms with E-state index in [9.17, 15) is 0 Å². The Hall–Kier alpha value is -1.82. The fourth-order valence-corrected chi connectivity index (χ4v) is 2.60. The van der Waals surface area contributed by atoms with Crippen LogP contribution in [0.1, 0.15) is 30.0 Å². The highest BCUT2D eigenvalue weighted by atomic mass is 79.9. The molecule has 1 unspecified atom stereocenters. The maximum Gasteiger partial charge on any atom is 0.243 e. The molecular formula is C14H15BrN4O. The van der Waals surface area contributed by atoms with Gasteiger partial charge in [0, 0.05) is 16.2 Å². The van der Waals surface area contributed by atoms with E-state index >= 15 is 0 Å².